The van der Waals surface area contributed by atoms with Crippen LogP contribution in [0.4, 0.5) is 4.79 Å². The van der Waals surface area contributed by atoms with E-state index in [-0.39, 0.29) is 6.09 Å². The van der Waals surface area contributed by atoms with Gasteiger partial charge in [0.15, 0.2) is 0 Å². The summed E-state index contributed by atoms with van der Waals surface area (Å²) in [6, 6.07) is 5.93. The van der Waals surface area contributed by atoms with Crippen molar-refractivity contribution in [3.05, 3.63) is 30.1 Å². The molecule has 0 atom stereocenters. The van der Waals surface area contributed by atoms with E-state index in [2.05, 4.69) is 18.0 Å². The van der Waals surface area contributed by atoms with Crippen molar-refractivity contribution in [3.63, 3.8) is 0 Å². The van der Waals surface area contributed by atoms with Crippen LogP contribution in [-0.4, -0.2) is 21.2 Å². The normalized spacial score (nSPS) is 11.8. The van der Waals surface area contributed by atoms with Gasteiger partial charge in [-0.1, -0.05) is 26.2 Å². The molecule has 2 heterocycles. The molecular formula is C18H26N2O2. The number of aryl methyl sites for hydroxylation is 1. The molecule has 0 amide bonds. The molecule has 0 aliphatic carbocycles. The van der Waals surface area contributed by atoms with Gasteiger partial charge in [-0.3, -0.25) is 0 Å². The van der Waals surface area contributed by atoms with Gasteiger partial charge in [0.25, 0.3) is 0 Å². The summed E-state index contributed by atoms with van der Waals surface area (Å²) in [6.07, 6.45) is 6.93. The Bertz CT molecular complexity index is 638. The minimum absolute atomic E-state index is 0.341. The largest absolute Gasteiger partial charge is 0.443 e. The summed E-state index contributed by atoms with van der Waals surface area (Å²) in [5.74, 6) is 0. The van der Waals surface area contributed by atoms with Crippen LogP contribution in [0.2, 0.25) is 0 Å². The fourth-order valence-corrected chi connectivity index (χ4v) is 2.52. The van der Waals surface area contributed by atoms with Crippen LogP contribution < -0.4 is 0 Å². The van der Waals surface area contributed by atoms with E-state index in [1.807, 2.05) is 32.9 Å². The second kappa shape index (κ2) is 6.95. The van der Waals surface area contributed by atoms with E-state index < -0.39 is 5.60 Å². The second-order valence-corrected chi connectivity index (χ2v) is 6.68. The van der Waals surface area contributed by atoms with Crippen LogP contribution in [0.1, 0.15) is 59.1 Å². The summed E-state index contributed by atoms with van der Waals surface area (Å²) in [7, 11) is 0. The molecular weight excluding hydrogens is 276 g/mol. The Balaban J connectivity index is 2.29. The molecule has 4 nitrogen and oxygen atoms in total. The van der Waals surface area contributed by atoms with Crippen LogP contribution >= 0.6 is 0 Å². The van der Waals surface area contributed by atoms with Crippen LogP contribution in [0, 0.1) is 0 Å². The summed E-state index contributed by atoms with van der Waals surface area (Å²) in [4.78, 5) is 16.9. The standard InChI is InChI=1S/C18H26N2O2/c1-5-6-7-8-11-15-13-14-10-9-12-19-16(14)20(15)17(21)22-18(2,3)4/h9-10,12-13H,5-8,11H2,1-4H3. The molecule has 2 aromatic rings. The molecule has 2 rings (SSSR count). The Hall–Kier alpha value is -1.84. The second-order valence-electron chi connectivity index (χ2n) is 6.68. The Kier molecular flexibility index (Phi) is 5.22. The van der Waals surface area contributed by atoms with Crippen LogP contribution in [0.3, 0.4) is 0 Å². The number of hydrogen-bond acceptors (Lipinski definition) is 3. The van der Waals surface area contributed by atoms with Gasteiger partial charge in [0.1, 0.15) is 11.2 Å². The van der Waals surface area contributed by atoms with Crippen LogP contribution in [0.15, 0.2) is 24.4 Å². The number of ether oxygens (including phenoxy) is 1. The topological polar surface area (TPSA) is 44.1 Å². The molecule has 0 aliphatic heterocycles. The number of aromatic nitrogens is 2. The zero-order valence-corrected chi connectivity index (χ0v) is 14.1. The molecule has 0 radical (unpaired) electrons. The maximum atomic E-state index is 12.5. The summed E-state index contributed by atoms with van der Waals surface area (Å²) in [5.41, 5.74) is 1.16. The first-order chi connectivity index (χ1) is 10.4. The van der Waals surface area contributed by atoms with E-state index in [4.69, 9.17) is 4.74 Å². The number of pyridine rings is 1. The van der Waals surface area contributed by atoms with Gasteiger partial charge in [-0.2, -0.15) is 0 Å². The first-order valence-electron chi connectivity index (χ1n) is 8.11. The number of nitrogens with zero attached hydrogens (tertiary/aromatic N) is 2. The molecule has 0 N–H and O–H groups in total. The Morgan fingerprint density at radius 1 is 1.27 bits per heavy atom. The van der Waals surface area contributed by atoms with Crippen LogP contribution in [0.5, 0.6) is 0 Å². The molecule has 0 bridgehead atoms. The number of unbranched alkanes of at least 4 members (excludes halogenated alkanes) is 3. The zero-order valence-electron chi connectivity index (χ0n) is 14.1. The van der Waals surface area contributed by atoms with E-state index >= 15 is 0 Å². The van der Waals surface area contributed by atoms with Crippen molar-refractivity contribution in [3.8, 4) is 0 Å². The highest BCUT2D eigenvalue weighted by atomic mass is 16.6. The SMILES string of the molecule is CCCCCCc1cc2cccnc2n1C(=O)OC(C)(C)C. The molecule has 4 heteroatoms. The maximum absolute atomic E-state index is 12.5. The van der Waals surface area contributed by atoms with Crippen molar-refractivity contribution < 1.29 is 9.53 Å². The van der Waals surface area contributed by atoms with Crippen molar-refractivity contribution in [2.45, 2.75) is 65.4 Å². The number of fused-ring (bicyclic) bond motifs is 1. The molecule has 0 saturated heterocycles. The highest BCUT2D eigenvalue weighted by molar-refractivity contribution is 5.88. The predicted octanol–water partition coefficient (Wildman–Crippen LogP) is 4.94. The first kappa shape index (κ1) is 16.5. The average Bonchev–Trinajstić information content (AvgIpc) is 2.80. The minimum atomic E-state index is -0.512. The highest BCUT2D eigenvalue weighted by Gasteiger charge is 2.22. The van der Waals surface area contributed by atoms with Crippen molar-refractivity contribution in [1.29, 1.82) is 0 Å². The van der Waals surface area contributed by atoms with Crippen molar-refractivity contribution in [2.24, 2.45) is 0 Å². The van der Waals surface area contributed by atoms with Crippen molar-refractivity contribution in [2.75, 3.05) is 0 Å². The van der Waals surface area contributed by atoms with Gasteiger partial charge in [0.2, 0.25) is 0 Å². The Morgan fingerprint density at radius 2 is 2.05 bits per heavy atom. The number of hydrogen-bond donors (Lipinski definition) is 0. The average molecular weight is 302 g/mol. The van der Waals surface area contributed by atoms with Gasteiger partial charge in [-0.25, -0.2) is 14.3 Å². The quantitative estimate of drug-likeness (QED) is 0.735. The molecule has 0 aromatic carbocycles. The third kappa shape index (κ3) is 4.09. The lowest BCUT2D eigenvalue weighted by Gasteiger charge is -2.20. The third-order valence-electron chi connectivity index (χ3n) is 3.50. The van der Waals surface area contributed by atoms with E-state index in [0.29, 0.717) is 5.65 Å². The maximum Gasteiger partial charge on any atom is 0.420 e. The van der Waals surface area contributed by atoms with E-state index in [9.17, 15) is 4.79 Å². The van der Waals surface area contributed by atoms with Gasteiger partial charge in [-0.15, -0.1) is 0 Å². The predicted molar refractivity (Wildman–Crippen MR) is 89.2 cm³/mol. The first-order valence-corrected chi connectivity index (χ1v) is 8.11. The van der Waals surface area contributed by atoms with E-state index in [1.54, 1.807) is 10.8 Å². The van der Waals surface area contributed by atoms with E-state index in [0.717, 1.165) is 23.9 Å². The van der Waals surface area contributed by atoms with Crippen LogP contribution in [0.25, 0.3) is 11.0 Å². The van der Waals surface area contributed by atoms with Gasteiger partial charge in [0.05, 0.1) is 0 Å². The molecule has 120 valence electrons. The summed E-state index contributed by atoms with van der Waals surface area (Å²) < 4.78 is 7.17. The number of carbonyl (C=O) groups is 1. The summed E-state index contributed by atoms with van der Waals surface area (Å²) >= 11 is 0. The zero-order chi connectivity index (χ0) is 16.2. The monoisotopic (exact) mass is 302 g/mol. The minimum Gasteiger partial charge on any atom is -0.443 e. The highest BCUT2D eigenvalue weighted by Crippen LogP contribution is 2.21. The molecule has 0 saturated carbocycles. The third-order valence-corrected chi connectivity index (χ3v) is 3.50. The molecule has 0 aliphatic rings. The molecule has 0 fully saturated rings. The van der Waals surface area contributed by atoms with Gasteiger partial charge < -0.3 is 4.74 Å². The van der Waals surface area contributed by atoms with Crippen LogP contribution in [-0.2, 0) is 11.2 Å². The van der Waals surface area contributed by atoms with Crippen molar-refractivity contribution >= 4 is 17.1 Å². The van der Waals surface area contributed by atoms with Crippen molar-refractivity contribution in [1.82, 2.24) is 9.55 Å². The lowest BCUT2D eigenvalue weighted by atomic mass is 10.1. The molecule has 0 unspecified atom stereocenters. The fraction of sp³-hybridized carbons (Fsp3) is 0.556. The smallest absolute Gasteiger partial charge is 0.420 e. The number of carbonyl (C=O) groups excluding carboxylic acids is 1. The fourth-order valence-electron chi connectivity index (χ4n) is 2.52. The van der Waals surface area contributed by atoms with E-state index in [1.165, 1.54) is 19.3 Å². The van der Waals surface area contributed by atoms with Gasteiger partial charge >= 0.3 is 6.09 Å². The lowest BCUT2D eigenvalue weighted by molar-refractivity contribution is 0.0539. The molecule has 0 spiro atoms. The lowest BCUT2D eigenvalue weighted by Crippen LogP contribution is -2.28. The molecule has 2 aromatic heterocycles. The summed E-state index contributed by atoms with van der Waals surface area (Å²) in [5, 5.41) is 0.985. The molecule has 22 heavy (non-hydrogen) atoms. The van der Waals surface area contributed by atoms with Gasteiger partial charge in [0, 0.05) is 17.3 Å². The Morgan fingerprint density at radius 3 is 2.73 bits per heavy atom. The Labute approximate surface area is 132 Å². The summed E-state index contributed by atoms with van der Waals surface area (Å²) in [6.45, 7) is 7.84. The number of rotatable bonds is 5. The van der Waals surface area contributed by atoms with Gasteiger partial charge in [-0.05, 0) is 51.8 Å².